The molecule has 7 nitrogen and oxygen atoms in total. The maximum atomic E-state index is 13.9. The molecule has 1 fully saturated rings. The Kier molecular flexibility index (Phi) is 6.66. The summed E-state index contributed by atoms with van der Waals surface area (Å²) in [7, 11) is 2.04. The zero-order chi connectivity index (χ0) is 27.2. The first-order valence-electron chi connectivity index (χ1n) is 12.9. The van der Waals surface area contributed by atoms with E-state index in [2.05, 4.69) is 71.6 Å². The van der Waals surface area contributed by atoms with Gasteiger partial charge >= 0.3 is 0 Å². The number of hydrogen-bond donors (Lipinski definition) is 4. The molecule has 0 bridgehead atoms. The fraction of sp³-hybridized carbons (Fsp3) is 0.357. The minimum atomic E-state index is -0.758. The standard InChI is InChI=1S/C28H32BClFN7/c1-16(2)27(3,4)35-25-17(13-32)14-33-26-22(25)11-20(12-23(26)30)34-28(29,18-5-7-19(31)8-6-18)24-15-38(37-36-24)21-9-10-21/h5-8,11-12,14-16,21,34,36-37H,9-10,29H2,1-4H3,(H,33,35). The maximum absolute atomic E-state index is 13.9. The number of anilines is 2. The lowest BCUT2D eigenvalue weighted by atomic mass is 9.69. The fourth-order valence-corrected chi connectivity index (χ4v) is 4.78. The van der Waals surface area contributed by atoms with Gasteiger partial charge in [-0.1, -0.05) is 37.6 Å². The summed E-state index contributed by atoms with van der Waals surface area (Å²) in [6, 6.07) is 13.0. The topological polar surface area (TPSA) is 88.0 Å². The van der Waals surface area contributed by atoms with Gasteiger partial charge in [-0.15, -0.1) is 5.53 Å². The molecule has 1 saturated carbocycles. The summed E-state index contributed by atoms with van der Waals surface area (Å²) >= 11 is 6.78. The largest absolute Gasteiger partial charge is 0.378 e. The van der Waals surface area contributed by atoms with E-state index < -0.39 is 5.44 Å². The van der Waals surface area contributed by atoms with Gasteiger partial charge in [0.1, 0.15) is 19.7 Å². The van der Waals surface area contributed by atoms with Gasteiger partial charge in [0.2, 0.25) is 0 Å². The van der Waals surface area contributed by atoms with Crippen LogP contribution >= 0.6 is 11.6 Å². The minimum absolute atomic E-state index is 0.283. The summed E-state index contributed by atoms with van der Waals surface area (Å²) < 4.78 is 13.9. The number of nitrogens with one attached hydrogen (secondary N) is 4. The van der Waals surface area contributed by atoms with Gasteiger partial charge < -0.3 is 16.1 Å². The van der Waals surface area contributed by atoms with Crippen molar-refractivity contribution in [2.45, 2.75) is 57.6 Å². The molecule has 38 heavy (non-hydrogen) atoms. The molecule has 1 aromatic heterocycles. The highest BCUT2D eigenvalue weighted by Gasteiger charge is 2.38. The van der Waals surface area contributed by atoms with Crippen LogP contribution in [0.15, 0.2) is 54.5 Å². The number of rotatable bonds is 8. The van der Waals surface area contributed by atoms with Crippen LogP contribution in [-0.4, -0.2) is 29.4 Å². The third-order valence-electron chi connectivity index (χ3n) is 7.82. The van der Waals surface area contributed by atoms with Gasteiger partial charge in [-0.2, -0.15) is 5.26 Å². The molecule has 1 unspecified atom stereocenters. The Hall–Kier alpha value is -3.48. The maximum Gasteiger partial charge on any atom is 0.148 e. The second-order valence-corrected chi connectivity index (χ2v) is 11.6. The normalized spacial score (nSPS) is 17.1. The van der Waals surface area contributed by atoms with Gasteiger partial charge in [0.15, 0.2) is 0 Å². The molecular formula is C28H32BClFN7. The van der Waals surface area contributed by atoms with Crippen LogP contribution in [0.5, 0.6) is 0 Å². The molecule has 0 radical (unpaired) electrons. The molecule has 0 saturated heterocycles. The Morgan fingerprint density at radius 3 is 2.55 bits per heavy atom. The first-order valence-corrected chi connectivity index (χ1v) is 13.3. The van der Waals surface area contributed by atoms with E-state index in [1.54, 1.807) is 18.3 Å². The highest BCUT2D eigenvalue weighted by Crippen LogP contribution is 2.39. The summed E-state index contributed by atoms with van der Waals surface area (Å²) in [6.07, 6.45) is 5.89. The number of hydrogen-bond acceptors (Lipinski definition) is 7. The Labute approximate surface area is 228 Å². The van der Waals surface area contributed by atoms with Gasteiger partial charge in [0, 0.05) is 35.1 Å². The molecule has 4 N–H and O–H groups in total. The fourth-order valence-electron chi connectivity index (χ4n) is 4.52. The van der Waals surface area contributed by atoms with Gasteiger partial charge in [-0.05, 0) is 62.4 Å². The van der Waals surface area contributed by atoms with Crippen LogP contribution in [0.3, 0.4) is 0 Å². The summed E-state index contributed by atoms with van der Waals surface area (Å²) in [5.74, 6) is 0.00706. The Bertz CT molecular complexity index is 1450. The van der Waals surface area contributed by atoms with Crippen LogP contribution in [0.25, 0.3) is 10.9 Å². The number of pyridine rings is 1. The third kappa shape index (κ3) is 4.86. The molecule has 2 aromatic carbocycles. The van der Waals surface area contributed by atoms with E-state index in [1.165, 1.54) is 12.1 Å². The Balaban J connectivity index is 1.62. The number of nitrogens with zero attached hydrogens (tertiary/aromatic N) is 3. The van der Waals surface area contributed by atoms with Crippen molar-refractivity contribution in [2.24, 2.45) is 5.92 Å². The van der Waals surface area contributed by atoms with E-state index in [1.807, 2.05) is 20.0 Å². The van der Waals surface area contributed by atoms with E-state index in [0.717, 1.165) is 35.2 Å². The number of hydrazine groups is 2. The lowest BCUT2D eigenvalue weighted by Gasteiger charge is -2.34. The molecule has 2 aliphatic rings. The lowest BCUT2D eigenvalue weighted by Crippen LogP contribution is -2.45. The van der Waals surface area contributed by atoms with Gasteiger partial charge in [0.05, 0.1) is 32.9 Å². The van der Waals surface area contributed by atoms with Crippen molar-refractivity contribution in [3.8, 4) is 6.07 Å². The summed E-state index contributed by atoms with van der Waals surface area (Å²) in [6.45, 7) is 8.49. The minimum Gasteiger partial charge on any atom is -0.378 e. The highest BCUT2D eigenvalue weighted by atomic mass is 35.5. The molecular weight excluding hydrogens is 500 g/mol. The van der Waals surface area contributed by atoms with Crippen LogP contribution in [-0.2, 0) is 5.44 Å². The van der Waals surface area contributed by atoms with Gasteiger partial charge in [-0.3, -0.25) is 9.99 Å². The molecule has 1 atom stereocenters. The molecule has 2 heterocycles. The van der Waals surface area contributed by atoms with Crippen molar-refractivity contribution in [1.29, 1.82) is 5.26 Å². The molecule has 1 aliphatic carbocycles. The predicted octanol–water partition coefficient (Wildman–Crippen LogP) is 4.97. The highest BCUT2D eigenvalue weighted by molar-refractivity contribution is 6.36. The van der Waals surface area contributed by atoms with E-state index in [9.17, 15) is 9.65 Å². The van der Waals surface area contributed by atoms with Crippen LogP contribution in [0.2, 0.25) is 5.02 Å². The summed E-state index contributed by atoms with van der Waals surface area (Å²) in [5.41, 5.74) is 9.76. The Morgan fingerprint density at radius 1 is 1.21 bits per heavy atom. The average Bonchev–Trinajstić information content (AvgIpc) is 3.60. The molecule has 10 heteroatoms. The van der Waals surface area contributed by atoms with Crippen molar-refractivity contribution in [3.05, 3.63) is 76.5 Å². The second-order valence-electron chi connectivity index (χ2n) is 11.2. The Morgan fingerprint density at radius 2 is 1.92 bits per heavy atom. The molecule has 196 valence electrons. The SMILES string of the molecule is BC(Nc1cc(Cl)c2ncc(C#N)c(NC(C)(C)C(C)C)c2c1)(C1=CN(C2CC2)NN1)c1ccc(F)cc1. The van der Waals surface area contributed by atoms with Crippen molar-refractivity contribution >= 4 is 41.7 Å². The monoisotopic (exact) mass is 531 g/mol. The molecule has 1 aliphatic heterocycles. The van der Waals surface area contributed by atoms with E-state index in [4.69, 9.17) is 11.6 Å². The van der Waals surface area contributed by atoms with Gasteiger partial charge in [-0.25, -0.2) is 4.39 Å². The summed E-state index contributed by atoms with van der Waals surface area (Å²) in [4.78, 5) is 4.50. The van der Waals surface area contributed by atoms with Crippen molar-refractivity contribution in [3.63, 3.8) is 0 Å². The predicted molar refractivity (Wildman–Crippen MR) is 153 cm³/mol. The lowest BCUT2D eigenvalue weighted by molar-refractivity contribution is 0.260. The zero-order valence-electron chi connectivity index (χ0n) is 22.3. The summed E-state index contributed by atoms with van der Waals surface area (Å²) in [5, 5.41) is 20.4. The van der Waals surface area contributed by atoms with E-state index >= 15 is 0 Å². The van der Waals surface area contributed by atoms with E-state index in [0.29, 0.717) is 33.7 Å². The van der Waals surface area contributed by atoms with Gasteiger partial charge in [0.25, 0.3) is 0 Å². The average molecular weight is 532 g/mol. The van der Waals surface area contributed by atoms with Crippen LogP contribution in [0, 0.1) is 23.1 Å². The van der Waals surface area contributed by atoms with Crippen LogP contribution in [0.4, 0.5) is 15.8 Å². The number of fused-ring (bicyclic) bond motifs is 1. The molecule has 0 spiro atoms. The van der Waals surface area contributed by atoms with Crippen molar-refractivity contribution in [1.82, 2.24) is 21.0 Å². The first kappa shape index (κ1) is 26.1. The number of halogens is 2. The quantitative estimate of drug-likeness (QED) is 0.305. The molecule has 3 aromatic rings. The van der Waals surface area contributed by atoms with Crippen LogP contribution in [0.1, 0.15) is 51.7 Å². The molecule has 0 amide bonds. The van der Waals surface area contributed by atoms with E-state index in [-0.39, 0.29) is 11.4 Å². The molecule has 5 rings (SSSR count). The van der Waals surface area contributed by atoms with Crippen molar-refractivity contribution in [2.75, 3.05) is 10.6 Å². The number of aromatic nitrogens is 1. The van der Waals surface area contributed by atoms with Crippen LogP contribution < -0.4 is 21.6 Å². The zero-order valence-corrected chi connectivity index (χ0v) is 23.0. The third-order valence-corrected chi connectivity index (χ3v) is 8.11. The number of nitriles is 1. The smallest absolute Gasteiger partial charge is 0.148 e. The van der Waals surface area contributed by atoms with Crippen molar-refractivity contribution < 1.29 is 4.39 Å². The second kappa shape index (κ2) is 9.68. The number of benzene rings is 2. The first-order chi connectivity index (χ1) is 18.0.